The van der Waals surface area contributed by atoms with Crippen molar-refractivity contribution in [3.8, 4) is 0 Å². The van der Waals surface area contributed by atoms with Crippen molar-refractivity contribution in [1.82, 2.24) is 9.62 Å². The van der Waals surface area contributed by atoms with E-state index in [4.69, 9.17) is 5.11 Å². The number of carbonyl (C=O) groups excluding carboxylic acids is 1. The van der Waals surface area contributed by atoms with E-state index in [0.29, 0.717) is 13.1 Å². The van der Waals surface area contributed by atoms with Crippen LogP contribution in [0.25, 0.3) is 0 Å². The molecule has 8 heteroatoms. The van der Waals surface area contributed by atoms with Crippen LogP contribution in [0, 0.1) is 5.92 Å². The van der Waals surface area contributed by atoms with E-state index in [1.165, 1.54) is 28.6 Å². The molecule has 1 aromatic rings. The third-order valence-corrected chi connectivity index (χ3v) is 6.45. The van der Waals surface area contributed by atoms with Crippen molar-refractivity contribution in [3.05, 3.63) is 29.8 Å². The fourth-order valence-corrected chi connectivity index (χ4v) is 4.46. The molecule has 0 bridgehead atoms. The van der Waals surface area contributed by atoms with Crippen molar-refractivity contribution in [1.29, 1.82) is 0 Å². The Morgan fingerprint density at radius 2 is 1.58 bits per heavy atom. The van der Waals surface area contributed by atoms with Gasteiger partial charge < -0.3 is 10.4 Å². The molecule has 1 aliphatic heterocycles. The van der Waals surface area contributed by atoms with Crippen LogP contribution in [0.4, 0.5) is 0 Å². The summed E-state index contributed by atoms with van der Waals surface area (Å²) in [7, 11) is -3.57. The van der Waals surface area contributed by atoms with Crippen molar-refractivity contribution >= 4 is 21.9 Å². The molecule has 1 saturated heterocycles. The third-order valence-electron chi connectivity index (χ3n) is 4.54. The maximum absolute atomic E-state index is 12.7. The van der Waals surface area contributed by atoms with Crippen LogP contribution in [-0.2, 0) is 14.8 Å². The summed E-state index contributed by atoms with van der Waals surface area (Å²) in [5, 5.41) is 11.6. The Bertz CT molecular complexity index is 735. The number of hydrogen-bond donors (Lipinski definition) is 2. The smallest absolute Gasteiger partial charge is 0.326 e. The van der Waals surface area contributed by atoms with Gasteiger partial charge in [-0.3, -0.25) is 4.79 Å². The molecule has 0 saturated carbocycles. The number of carboxylic acids is 1. The first-order valence-electron chi connectivity index (χ1n) is 8.87. The van der Waals surface area contributed by atoms with Gasteiger partial charge in [-0.15, -0.1) is 0 Å². The molecule has 2 rings (SSSR count). The molecule has 144 valence electrons. The lowest BCUT2D eigenvalue weighted by Gasteiger charge is -2.20. The highest BCUT2D eigenvalue weighted by atomic mass is 32.2. The Morgan fingerprint density at radius 3 is 2.04 bits per heavy atom. The summed E-state index contributed by atoms with van der Waals surface area (Å²) in [6, 6.07) is 4.64. The fraction of sp³-hybridized carbons (Fsp3) is 0.556. The highest BCUT2D eigenvalue weighted by molar-refractivity contribution is 7.89. The summed E-state index contributed by atoms with van der Waals surface area (Å²) in [5.41, 5.74) is 0.228. The van der Waals surface area contributed by atoms with Crippen molar-refractivity contribution in [2.45, 2.75) is 50.5 Å². The van der Waals surface area contributed by atoms with E-state index in [1.54, 1.807) is 13.8 Å². The number of amides is 1. The molecule has 1 aliphatic rings. The lowest BCUT2D eigenvalue weighted by atomic mass is 10.0. The molecular formula is C18H26N2O5S. The van der Waals surface area contributed by atoms with Gasteiger partial charge in [-0.05, 0) is 43.0 Å². The number of rotatable bonds is 6. The molecule has 1 atom stereocenters. The topological polar surface area (TPSA) is 104 Å². The number of nitrogens with zero attached hydrogens (tertiary/aromatic N) is 1. The predicted octanol–water partition coefficient (Wildman–Crippen LogP) is 2.09. The van der Waals surface area contributed by atoms with Crippen LogP contribution >= 0.6 is 0 Å². The number of nitrogens with one attached hydrogen (secondary N) is 1. The van der Waals surface area contributed by atoms with E-state index < -0.39 is 27.9 Å². The minimum atomic E-state index is -3.57. The molecule has 2 N–H and O–H groups in total. The number of sulfonamides is 1. The van der Waals surface area contributed by atoms with Crippen molar-refractivity contribution < 1.29 is 23.1 Å². The Hall–Kier alpha value is -1.93. The summed E-state index contributed by atoms with van der Waals surface area (Å²) in [5.74, 6) is -1.90. The lowest BCUT2D eigenvalue weighted by molar-refractivity contribution is -0.140. The average molecular weight is 382 g/mol. The van der Waals surface area contributed by atoms with Gasteiger partial charge in [0.1, 0.15) is 6.04 Å². The molecule has 0 aromatic heterocycles. The zero-order valence-corrected chi connectivity index (χ0v) is 16.0. The van der Waals surface area contributed by atoms with Gasteiger partial charge in [0, 0.05) is 18.7 Å². The molecule has 1 heterocycles. The minimum Gasteiger partial charge on any atom is -0.480 e. The molecule has 7 nitrogen and oxygen atoms in total. The molecule has 0 aliphatic carbocycles. The van der Waals surface area contributed by atoms with Gasteiger partial charge in [-0.2, -0.15) is 4.31 Å². The molecular weight excluding hydrogens is 356 g/mol. The van der Waals surface area contributed by atoms with Gasteiger partial charge in [0.2, 0.25) is 10.0 Å². The molecule has 1 fully saturated rings. The summed E-state index contributed by atoms with van der Waals surface area (Å²) in [6.45, 7) is 4.43. The average Bonchev–Trinajstić information content (AvgIpc) is 2.89. The summed E-state index contributed by atoms with van der Waals surface area (Å²) < 4.78 is 26.9. The third kappa shape index (κ3) is 4.82. The minimum absolute atomic E-state index is 0.148. The van der Waals surface area contributed by atoms with Gasteiger partial charge in [-0.1, -0.05) is 26.7 Å². The SMILES string of the molecule is CC(C)[C@@H](NC(=O)c1ccc(S(=O)(=O)N2CCCCCC2)cc1)C(=O)O. The highest BCUT2D eigenvalue weighted by Gasteiger charge is 2.26. The van der Waals surface area contributed by atoms with Gasteiger partial charge in [0.15, 0.2) is 0 Å². The lowest BCUT2D eigenvalue weighted by Crippen LogP contribution is -2.44. The number of hydrogen-bond acceptors (Lipinski definition) is 4. The van der Waals surface area contributed by atoms with Crippen LogP contribution in [-0.4, -0.2) is 48.8 Å². The Balaban J connectivity index is 2.14. The van der Waals surface area contributed by atoms with Gasteiger partial charge in [-0.25, -0.2) is 13.2 Å². The monoisotopic (exact) mass is 382 g/mol. The summed E-state index contributed by atoms with van der Waals surface area (Å²) in [6.07, 6.45) is 3.77. The van der Waals surface area contributed by atoms with Crippen LogP contribution in [0.2, 0.25) is 0 Å². The predicted molar refractivity (Wildman–Crippen MR) is 97.4 cm³/mol. The number of carboxylic acid groups (broad SMARTS) is 1. The zero-order chi connectivity index (χ0) is 19.3. The number of benzene rings is 1. The fourth-order valence-electron chi connectivity index (χ4n) is 2.95. The van der Waals surface area contributed by atoms with Gasteiger partial charge in [0.05, 0.1) is 4.90 Å². The van der Waals surface area contributed by atoms with Crippen LogP contribution in [0.1, 0.15) is 49.9 Å². The standard InChI is InChI=1S/C18H26N2O5S/c1-13(2)16(18(22)23)19-17(21)14-7-9-15(10-8-14)26(24,25)20-11-5-3-4-6-12-20/h7-10,13,16H,3-6,11-12H2,1-2H3,(H,19,21)(H,22,23)/t16-/m1/s1. The summed E-state index contributed by atoms with van der Waals surface area (Å²) >= 11 is 0. The maximum Gasteiger partial charge on any atom is 0.326 e. The van der Waals surface area contributed by atoms with Crippen LogP contribution in [0.15, 0.2) is 29.2 Å². The number of aliphatic carboxylic acids is 1. The Kier molecular flexibility index (Phi) is 6.77. The maximum atomic E-state index is 12.7. The van der Waals surface area contributed by atoms with Crippen molar-refractivity contribution in [2.24, 2.45) is 5.92 Å². The first kappa shape index (κ1) is 20.4. The van der Waals surface area contributed by atoms with Crippen molar-refractivity contribution in [3.63, 3.8) is 0 Å². The second-order valence-corrected chi connectivity index (χ2v) is 8.81. The normalized spacial score (nSPS) is 17.5. The van der Waals surface area contributed by atoms with Gasteiger partial charge >= 0.3 is 5.97 Å². The molecule has 0 unspecified atom stereocenters. The second kappa shape index (κ2) is 8.64. The van der Waals surface area contributed by atoms with E-state index in [2.05, 4.69) is 5.32 Å². The molecule has 1 aromatic carbocycles. The first-order valence-corrected chi connectivity index (χ1v) is 10.3. The quantitative estimate of drug-likeness (QED) is 0.784. The Morgan fingerprint density at radius 1 is 1.04 bits per heavy atom. The zero-order valence-electron chi connectivity index (χ0n) is 15.1. The van der Waals surface area contributed by atoms with E-state index in [1.807, 2.05) is 0 Å². The molecule has 0 radical (unpaired) electrons. The van der Waals surface area contributed by atoms with E-state index in [9.17, 15) is 18.0 Å². The van der Waals surface area contributed by atoms with Gasteiger partial charge in [0.25, 0.3) is 5.91 Å². The first-order chi connectivity index (χ1) is 12.2. The molecule has 26 heavy (non-hydrogen) atoms. The van der Waals surface area contributed by atoms with Crippen molar-refractivity contribution in [2.75, 3.05) is 13.1 Å². The Labute approximate surface area is 154 Å². The van der Waals surface area contributed by atoms with E-state index >= 15 is 0 Å². The van der Waals surface area contributed by atoms with Crippen LogP contribution in [0.5, 0.6) is 0 Å². The summed E-state index contributed by atoms with van der Waals surface area (Å²) in [4.78, 5) is 23.6. The highest BCUT2D eigenvalue weighted by Crippen LogP contribution is 2.20. The van der Waals surface area contributed by atoms with E-state index in [-0.39, 0.29) is 16.4 Å². The molecule has 0 spiro atoms. The number of carbonyl (C=O) groups is 2. The van der Waals surface area contributed by atoms with Crippen LogP contribution < -0.4 is 5.32 Å². The largest absolute Gasteiger partial charge is 0.480 e. The van der Waals surface area contributed by atoms with Crippen LogP contribution in [0.3, 0.4) is 0 Å². The second-order valence-electron chi connectivity index (χ2n) is 6.88. The molecule has 1 amide bonds. The van der Waals surface area contributed by atoms with E-state index in [0.717, 1.165) is 25.7 Å².